The average molecular weight is 326 g/mol. The van der Waals surface area contributed by atoms with E-state index in [0.717, 1.165) is 4.90 Å². The maximum Gasteiger partial charge on any atom is 0.261 e. The Kier molecular flexibility index (Phi) is 4.16. The number of benzene rings is 2. The zero-order chi connectivity index (χ0) is 16.4. The maximum atomic E-state index is 12.2. The summed E-state index contributed by atoms with van der Waals surface area (Å²) in [4.78, 5) is 38.2. The van der Waals surface area contributed by atoms with Crippen molar-refractivity contribution in [3.8, 4) is 0 Å². The molecule has 1 aliphatic rings. The predicted molar refractivity (Wildman–Crippen MR) is 88.7 cm³/mol. The Morgan fingerprint density at radius 2 is 1.52 bits per heavy atom. The Bertz CT molecular complexity index is 769. The van der Waals surface area contributed by atoms with Crippen LogP contribution in [0, 0.1) is 0 Å². The number of nitrogens with one attached hydrogen (secondary N) is 1. The Labute approximate surface area is 138 Å². The first-order valence-corrected chi connectivity index (χ1v) is 7.55. The first-order valence-electron chi connectivity index (χ1n) is 7.11. The van der Waals surface area contributed by atoms with E-state index in [1.54, 1.807) is 42.5 Å². The highest BCUT2D eigenvalue weighted by molar-refractivity contribution is 7.80. The second-order valence-electron chi connectivity index (χ2n) is 5.12. The predicted octanol–water partition coefficient (Wildman–Crippen LogP) is 2.60. The molecule has 0 saturated heterocycles. The van der Waals surface area contributed by atoms with Crippen LogP contribution in [0.1, 0.15) is 27.1 Å². The van der Waals surface area contributed by atoms with E-state index in [0.29, 0.717) is 21.7 Å². The fourth-order valence-corrected chi connectivity index (χ4v) is 2.66. The highest BCUT2D eigenvalue weighted by Gasteiger charge is 2.34. The molecule has 116 valence electrons. The quantitative estimate of drug-likeness (QED) is 0.670. The number of hydrogen-bond donors (Lipinski definition) is 2. The third kappa shape index (κ3) is 2.98. The summed E-state index contributed by atoms with van der Waals surface area (Å²) in [5.41, 5.74) is 1.38. The normalized spacial score (nSPS) is 13.2. The van der Waals surface area contributed by atoms with Gasteiger partial charge >= 0.3 is 0 Å². The monoisotopic (exact) mass is 326 g/mol. The van der Waals surface area contributed by atoms with E-state index >= 15 is 0 Å². The molecule has 2 aromatic carbocycles. The van der Waals surface area contributed by atoms with Crippen LogP contribution in [0.2, 0.25) is 0 Å². The zero-order valence-electron chi connectivity index (χ0n) is 12.2. The number of anilines is 1. The van der Waals surface area contributed by atoms with Gasteiger partial charge in [-0.15, -0.1) is 12.6 Å². The topological polar surface area (TPSA) is 66.5 Å². The van der Waals surface area contributed by atoms with Gasteiger partial charge < -0.3 is 5.32 Å². The molecule has 1 heterocycles. The second-order valence-corrected chi connectivity index (χ2v) is 5.60. The Hall–Kier alpha value is -2.60. The number of fused-ring (bicyclic) bond motifs is 1. The van der Waals surface area contributed by atoms with Gasteiger partial charge in [0.05, 0.1) is 16.8 Å². The van der Waals surface area contributed by atoms with Gasteiger partial charge in [-0.05, 0) is 24.3 Å². The van der Waals surface area contributed by atoms with Crippen LogP contribution in [0.3, 0.4) is 0 Å². The van der Waals surface area contributed by atoms with Crippen LogP contribution in [0.5, 0.6) is 0 Å². The summed E-state index contributed by atoms with van der Waals surface area (Å²) in [5, 5.41) is 2.72. The molecule has 0 aliphatic carbocycles. The van der Waals surface area contributed by atoms with Gasteiger partial charge in [0, 0.05) is 17.9 Å². The van der Waals surface area contributed by atoms with E-state index < -0.39 is 0 Å². The van der Waals surface area contributed by atoms with Crippen molar-refractivity contribution in [3.63, 3.8) is 0 Å². The van der Waals surface area contributed by atoms with Gasteiger partial charge in [0.1, 0.15) is 0 Å². The molecule has 1 aliphatic heterocycles. The number of rotatable bonds is 4. The minimum atomic E-state index is -0.354. The molecule has 0 radical (unpaired) electrons. The third-order valence-corrected chi connectivity index (χ3v) is 4.01. The van der Waals surface area contributed by atoms with Gasteiger partial charge in [0.25, 0.3) is 11.8 Å². The van der Waals surface area contributed by atoms with Crippen molar-refractivity contribution in [1.29, 1.82) is 0 Å². The first kappa shape index (κ1) is 15.3. The lowest BCUT2D eigenvalue weighted by Gasteiger charge is -2.14. The Morgan fingerprint density at radius 3 is 2.13 bits per heavy atom. The second kappa shape index (κ2) is 6.26. The van der Waals surface area contributed by atoms with Crippen LogP contribution in [0.4, 0.5) is 5.69 Å². The van der Waals surface area contributed by atoms with E-state index in [1.807, 2.05) is 6.07 Å². The number of para-hydroxylation sites is 1. The molecule has 0 unspecified atom stereocenters. The molecule has 0 bridgehead atoms. The number of nitrogens with zero attached hydrogens (tertiary/aromatic N) is 1. The minimum Gasteiger partial charge on any atom is -0.325 e. The number of carbonyl (C=O) groups is 3. The minimum absolute atomic E-state index is 0.0353. The summed E-state index contributed by atoms with van der Waals surface area (Å²) in [6.45, 7) is 0.0485. The van der Waals surface area contributed by atoms with Crippen LogP contribution >= 0.6 is 12.6 Å². The fraction of sp³-hybridized carbons (Fsp3) is 0.118. The van der Waals surface area contributed by atoms with Crippen LogP contribution in [0.15, 0.2) is 53.4 Å². The standard InChI is InChI=1S/C17H14N2O3S/c20-15(18-13-7-3-4-8-14(13)23)9-10-19-16(21)11-5-1-2-6-12(11)17(19)22/h1-8,23H,9-10H2,(H,18,20). The van der Waals surface area contributed by atoms with Crippen molar-refractivity contribution >= 4 is 36.0 Å². The molecule has 0 saturated carbocycles. The molecule has 6 heteroatoms. The maximum absolute atomic E-state index is 12.2. The molecule has 3 amide bonds. The zero-order valence-corrected chi connectivity index (χ0v) is 13.0. The molecule has 0 spiro atoms. The summed E-state index contributed by atoms with van der Waals surface area (Å²) in [7, 11) is 0. The summed E-state index contributed by atoms with van der Waals surface area (Å²) in [5.74, 6) is -0.982. The van der Waals surface area contributed by atoms with Crippen LogP contribution in [-0.2, 0) is 4.79 Å². The molecule has 23 heavy (non-hydrogen) atoms. The molecule has 0 fully saturated rings. The van der Waals surface area contributed by atoms with Gasteiger partial charge in [-0.3, -0.25) is 19.3 Å². The van der Waals surface area contributed by atoms with Crippen LogP contribution in [0.25, 0.3) is 0 Å². The first-order chi connectivity index (χ1) is 11.1. The van der Waals surface area contributed by atoms with Crippen molar-refractivity contribution in [2.24, 2.45) is 0 Å². The van der Waals surface area contributed by atoms with Crippen molar-refractivity contribution in [2.75, 3.05) is 11.9 Å². The van der Waals surface area contributed by atoms with E-state index in [-0.39, 0.29) is 30.7 Å². The van der Waals surface area contributed by atoms with E-state index in [1.165, 1.54) is 0 Å². The molecule has 5 nitrogen and oxygen atoms in total. The molecule has 2 aromatic rings. The lowest BCUT2D eigenvalue weighted by atomic mass is 10.1. The summed E-state index contributed by atoms with van der Waals surface area (Å²) in [6.07, 6.45) is 0.0353. The van der Waals surface area contributed by atoms with Crippen molar-refractivity contribution in [3.05, 3.63) is 59.7 Å². The molecular formula is C17H14N2O3S. The van der Waals surface area contributed by atoms with Crippen molar-refractivity contribution in [1.82, 2.24) is 4.90 Å². The molecule has 3 rings (SSSR count). The van der Waals surface area contributed by atoms with E-state index in [9.17, 15) is 14.4 Å². The number of carbonyl (C=O) groups excluding carboxylic acids is 3. The largest absolute Gasteiger partial charge is 0.325 e. The molecule has 1 N–H and O–H groups in total. The number of thiol groups is 1. The van der Waals surface area contributed by atoms with Gasteiger partial charge in [0.15, 0.2) is 0 Å². The molecular weight excluding hydrogens is 312 g/mol. The Morgan fingerprint density at radius 1 is 0.957 bits per heavy atom. The van der Waals surface area contributed by atoms with Crippen LogP contribution < -0.4 is 5.32 Å². The highest BCUT2D eigenvalue weighted by atomic mass is 32.1. The Balaban J connectivity index is 1.63. The molecule has 0 atom stereocenters. The number of imide groups is 1. The average Bonchev–Trinajstić information content (AvgIpc) is 2.80. The molecule has 0 aromatic heterocycles. The SMILES string of the molecule is O=C(CCN1C(=O)c2ccccc2C1=O)Nc1ccccc1S. The smallest absolute Gasteiger partial charge is 0.261 e. The summed E-state index contributed by atoms with van der Waals surface area (Å²) < 4.78 is 0. The van der Waals surface area contributed by atoms with Gasteiger partial charge in [0.2, 0.25) is 5.91 Å². The number of hydrogen-bond acceptors (Lipinski definition) is 4. The van der Waals surface area contributed by atoms with Gasteiger partial charge in [-0.1, -0.05) is 24.3 Å². The van der Waals surface area contributed by atoms with Crippen molar-refractivity contribution < 1.29 is 14.4 Å². The third-order valence-electron chi connectivity index (χ3n) is 3.62. The van der Waals surface area contributed by atoms with Gasteiger partial charge in [-0.2, -0.15) is 0 Å². The van der Waals surface area contributed by atoms with Gasteiger partial charge in [-0.25, -0.2) is 0 Å². The number of amides is 3. The summed E-state index contributed by atoms with van der Waals surface area (Å²) in [6, 6.07) is 13.8. The highest BCUT2D eigenvalue weighted by Crippen LogP contribution is 2.23. The summed E-state index contributed by atoms with van der Waals surface area (Å²) >= 11 is 4.26. The van der Waals surface area contributed by atoms with Crippen molar-refractivity contribution in [2.45, 2.75) is 11.3 Å². The lowest BCUT2D eigenvalue weighted by molar-refractivity contribution is -0.116. The fourth-order valence-electron chi connectivity index (χ4n) is 2.45. The van der Waals surface area contributed by atoms with Crippen LogP contribution in [-0.4, -0.2) is 29.2 Å². The van der Waals surface area contributed by atoms with E-state index in [2.05, 4.69) is 17.9 Å². The lowest BCUT2D eigenvalue weighted by Crippen LogP contribution is -2.32. The van der Waals surface area contributed by atoms with E-state index in [4.69, 9.17) is 0 Å².